The van der Waals surface area contributed by atoms with Crippen molar-refractivity contribution in [3.8, 4) is 0 Å². The van der Waals surface area contributed by atoms with Gasteiger partial charge in [-0.1, -0.05) is 22.8 Å². The lowest BCUT2D eigenvalue weighted by Gasteiger charge is -2.10. The van der Waals surface area contributed by atoms with Gasteiger partial charge in [0.25, 0.3) is 0 Å². The molecule has 0 spiro atoms. The lowest BCUT2D eigenvalue weighted by atomic mass is 10.2. The van der Waals surface area contributed by atoms with E-state index in [0.717, 1.165) is 17.3 Å². The molecule has 1 aromatic carbocycles. The maximum absolute atomic E-state index is 14.3. The van der Waals surface area contributed by atoms with Crippen LogP contribution in [0.1, 0.15) is 5.56 Å². The van der Waals surface area contributed by atoms with Crippen LogP contribution in [0.25, 0.3) is 6.08 Å². The Morgan fingerprint density at radius 1 is 1.16 bits per heavy atom. The van der Waals surface area contributed by atoms with Crippen LogP contribution in [-0.2, 0) is 10.0 Å². The second kappa shape index (κ2) is 8.76. The van der Waals surface area contributed by atoms with Crippen molar-refractivity contribution < 1.29 is 12.8 Å². The monoisotopic (exact) mass is 456 g/mol. The molecule has 4 N–H and O–H groups in total. The molecule has 2 aromatic heterocycles. The highest BCUT2D eigenvalue weighted by molar-refractivity contribution is 8.19. The molecule has 1 aliphatic heterocycles. The Morgan fingerprint density at radius 3 is 2.81 bits per heavy atom. The van der Waals surface area contributed by atoms with Gasteiger partial charge in [0.15, 0.2) is 11.6 Å². The van der Waals surface area contributed by atoms with Crippen LogP contribution < -0.4 is 15.2 Å². The van der Waals surface area contributed by atoms with Crippen molar-refractivity contribution in [1.82, 2.24) is 15.0 Å². The maximum Gasteiger partial charge on any atom is 0.238 e. The van der Waals surface area contributed by atoms with Gasteiger partial charge in [-0.15, -0.1) is 0 Å². The minimum absolute atomic E-state index is 0.0203. The quantitative estimate of drug-likeness (QED) is 0.384. The summed E-state index contributed by atoms with van der Waals surface area (Å²) < 4.78 is 40.3. The van der Waals surface area contributed by atoms with Crippen molar-refractivity contribution in [2.45, 2.75) is 4.90 Å². The van der Waals surface area contributed by atoms with E-state index in [2.05, 4.69) is 25.0 Å². The molecule has 0 fully saturated rings. The Morgan fingerprint density at radius 2 is 2.03 bits per heavy atom. The van der Waals surface area contributed by atoms with Gasteiger partial charge in [0.1, 0.15) is 0 Å². The van der Waals surface area contributed by atoms with E-state index in [1.807, 2.05) is 35.1 Å². The second-order valence-corrected chi connectivity index (χ2v) is 9.43. The molecule has 31 heavy (non-hydrogen) atoms. The van der Waals surface area contributed by atoms with E-state index < -0.39 is 26.5 Å². The maximum atomic E-state index is 14.3. The number of nitrogens with two attached hydrogens (primary N) is 1. The van der Waals surface area contributed by atoms with Crippen LogP contribution >= 0.6 is 10.7 Å². The van der Waals surface area contributed by atoms with Gasteiger partial charge in [0.05, 0.1) is 11.1 Å². The molecule has 3 heterocycles. The number of halogens is 1. The van der Waals surface area contributed by atoms with E-state index in [-0.39, 0.29) is 16.7 Å². The summed E-state index contributed by atoms with van der Waals surface area (Å²) in [6, 6.07) is 9.67. The van der Waals surface area contributed by atoms with E-state index in [1.165, 1.54) is 18.2 Å². The van der Waals surface area contributed by atoms with Crippen LogP contribution in [-0.4, -0.2) is 28.7 Å². The smallest absolute Gasteiger partial charge is 0.238 e. The Kier molecular flexibility index (Phi) is 5.89. The highest BCUT2D eigenvalue weighted by Gasteiger charge is 2.12. The van der Waals surface area contributed by atoms with E-state index in [9.17, 15) is 12.8 Å². The summed E-state index contributed by atoms with van der Waals surface area (Å²) in [6.45, 7) is 0. The summed E-state index contributed by atoms with van der Waals surface area (Å²) in [5.41, 5.74) is 2.34. The third-order valence-electron chi connectivity index (χ3n) is 4.07. The molecule has 1 atom stereocenters. The number of aromatic nitrogens is 3. The zero-order chi connectivity index (χ0) is 21.8. The first-order valence-corrected chi connectivity index (χ1v) is 11.8. The number of allylic oxidation sites excluding steroid dienone is 2. The molecule has 3 aromatic rings. The molecule has 0 aliphatic carbocycles. The van der Waals surface area contributed by atoms with Crippen molar-refractivity contribution in [1.29, 1.82) is 0 Å². The second-order valence-electron chi connectivity index (χ2n) is 6.41. The molecule has 0 saturated carbocycles. The number of primary sulfonamides is 1. The van der Waals surface area contributed by atoms with Gasteiger partial charge in [-0.2, -0.15) is 4.98 Å². The van der Waals surface area contributed by atoms with E-state index in [1.54, 1.807) is 18.5 Å². The fourth-order valence-corrected chi connectivity index (χ4v) is 4.54. The summed E-state index contributed by atoms with van der Waals surface area (Å²) in [4.78, 5) is 12.1. The minimum Gasteiger partial charge on any atom is -0.324 e. The Hall–Kier alpha value is -3.41. The van der Waals surface area contributed by atoms with Gasteiger partial charge >= 0.3 is 0 Å². The van der Waals surface area contributed by atoms with E-state index in [4.69, 9.17) is 5.14 Å². The number of hydrogen-bond acceptors (Lipinski definition) is 7. The van der Waals surface area contributed by atoms with Gasteiger partial charge in [-0.05, 0) is 58.3 Å². The van der Waals surface area contributed by atoms with Gasteiger partial charge in [0, 0.05) is 18.1 Å². The summed E-state index contributed by atoms with van der Waals surface area (Å²) >= 11 is 0. The summed E-state index contributed by atoms with van der Waals surface area (Å²) in [7, 11) is -4.41. The fraction of sp³-hybridized carbons (Fsp3) is 0. The van der Waals surface area contributed by atoms with Gasteiger partial charge < -0.3 is 10.0 Å². The summed E-state index contributed by atoms with van der Waals surface area (Å²) in [6.07, 6.45) is 8.40. The number of pyridine rings is 1. The normalized spacial score (nSPS) is 16.8. The van der Waals surface area contributed by atoms with Gasteiger partial charge in [-0.3, -0.25) is 4.98 Å². The van der Waals surface area contributed by atoms with Crippen molar-refractivity contribution in [2.24, 2.45) is 5.14 Å². The van der Waals surface area contributed by atoms with Crippen molar-refractivity contribution >= 4 is 49.6 Å². The van der Waals surface area contributed by atoms with Crippen LogP contribution in [0, 0.1) is 5.82 Å². The number of benzene rings is 1. The average molecular weight is 457 g/mol. The van der Waals surface area contributed by atoms with E-state index >= 15 is 0 Å². The SMILES string of the molecule is NS(=O)(=O)c1cccc(Nc2ncc(F)c(NS3=CC(=Cc4cccnc4)C=C3)n2)c1. The van der Waals surface area contributed by atoms with Crippen molar-refractivity contribution in [2.75, 3.05) is 10.0 Å². The molecule has 11 heteroatoms. The number of anilines is 3. The molecule has 0 saturated heterocycles. The number of sulfonamides is 1. The molecule has 0 amide bonds. The highest BCUT2D eigenvalue weighted by atomic mass is 32.2. The predicted octanol–water partition coefficient (Wildman–Crippen LogP) is 3.41. The first-order valence-electron chi connectivity index (χ1n) is 8.93. The third-order valence-corrected chi connectivity index (χ3v) is 6.36. The standard InChI is InChI=1S/C20H17FN6O2S2/c21-18-12-24-20(25-16-4-1-5-17(10-16)31(22,28)29)26-19(18)27-30-8-6-15(13-30)9-14-3-2-7-23-11-14/h1-13H,(H2,22,28,29)(H2,24,25,26,27). The predicted molar refractivity (Wildman–Crippen MR) is 122 cm³/mol. The molecule has 0 radical (unpaired) electrons. The Balaban J connectivity index is 1.52. The lowest BCUT2D eigenvalue weighted by molar-refractivity contribution is 0.598. The van der Waals surface area contributed by atoms with E-state index in [0.29, 0.717) is 5.69 Å². The van der Waals surface area contributed by atoms with Crippen LogP contribution in [0.15, 0.2) is 76.9 Å². The molecule has 1 unspecified atom stereocenters. The topological polar surface area (TPSA) is 123 Å². The van der Waals surface area contributed by atoms with Crippen LogP contribution in [0.4, 0.5) is 21.8 Å². The Labute approximate surface area is 180 Å². The molecule has 4 rings (SSSR count). The van der Waals surface area contributed by atoms with Gasteiger partial charge in [0.2, 0.25) is 16.0 Å². The fourth-order valence-electron chi connectivity index (χ4n) is 2.67. The van der Waals surface area contributed by atoms with Crippen LogP contribution in [0.2, 0.25) is 0 Å². The molecule has 1 aliphatic rings. The molecule has 158 valence electrons. The number of rotatable bonds is 6. The number of hydrogen-bond donors (Lipinski definition) is 3. The molecule has 0 bridgehead atoms. The number of nitrogens with one attached hydrogen (secondary N) is 2. The third kappa shape index (κ3) is 5.40. The molecular formula is C20H17FN6O2S2. The molecular weight excluding hydrogens is 439 g/mol. The Bertz CT molecular complexity index is 1320. The lowest BCUT2D eigenvalue weighted by Crippen LogP contribution is -2.12. The first-order chi connectivity index (χ1) is 14.9. The summed E-state index contributed by atoms with van der Waals surface area (Å²) in [5.74, 6) is -0.483. The average Bonchev–Trinajstić information content (AvgIpc) is 3.17. The van der Waals surface area contributed by atoms with Crippen LogP contribution in [0.3, 0.4) is 0 Å². The van der Waals surface area contributed by atoms with Gasteiger partial charge in [-0.25, -0.2) is 22.9 Å². The van der Waals surface area contributed by atoms with Crippen LogP contribution in [0.5, 0.6) is 0 Å². The first kappa shape index (κ1) is 20.8. The minimum atomic E-state index is -3.85. The zero-order valence-electron chi connectivity index (χ0n) is 15.9. The number of nitrogens with zero attached hydrogens (tertiary/aromatic N) is 3. The van der Waals surface area contributed by atoms with Crippen molar-refractivity contribution in [3.05, 3.63) is 83.4 Å². The summed E-state index contributed by atoms with van der Waals surface area (Å²) in [5, 5.41) is 11.9. The highest BCUT2D eigenvalue weighted by Crippen LogP contribution is 2.28. The molecule has 8 nitrogen and oxygen atoms in total. The zero-order valence-corrected chi connectivity index (χ0v) is 17.6. The largest absolute Gasteiger partial charge is 0.324 e. The van der Waals surface area contributed by atoms with Crippen molar-refractivity contribution in [3.63, 3.8) is 0 Å².